The fraction of sp³-hybridized carbons (Fsp3) is 0.318. The van der Waals surface area contributed by atoms with Gasteiger partial charge in [0.25, 0.3) is 5.91 Å². The molecule has 0 radical (unpaired) electrons. The Hall–Kier alpha value is -2.32. The van der Waals surface area contributed by atoms with E-state index in [1.54, 1.807) is 23.9 Å². The van der Waals surface area contributed by atoms with E-state index in [2.05, 4.69) is 45.3 Å². The van der Waals surface area contributed by atoms with Gasteiger partial charge in [-0.05, 0) is 60.7 Å². The zero-order chi connectivity index (χ0) is 21.3. The topological polar surface area (TPSA) is 69.0 Å². The lowest BCUT2D eigenvalue weighted by molar-refractivity contribution is 0.0949. The molecular weight excluding hydrogens is 464 g/mol. The number of thioether (sulfide) groups is 1. The third kappa shape index (κ3) is 5.86. The molecule has 1 heterocycles. The number of unbranched alkanes of at least 4 members (excludes halogenated alkanes) is 1. The third-order valence-electron chi connectivity index (χ3n) is 4.35. The van der Waals surface area contributed by atoms with Crippen LogP contribution in [0.4, 0.5) is 0 Å². The van der Waals surface area contributed by atoms with Gasteiger partial charge in [-0.2, -0.15) is 0 Å². The highest BCUT2D eigenvalue weighted by Gasteiger charge is 2.15. The van der Waals surface area contributed by atoms with Crippen LogP contribution in [-0.4, -0.2) is 33.0 Å². The molecule has 0 fully saturated rings. The monoisotopic (exact) mass is 488 g/mol. The van der Waals surface area contributed by atoms with Gasteiger partial charge in [-0.1, -0.05) is 48.0 Å². The Morgan fingerprint density at radius 3 is 2.50 bits per heavy atom. The van der Waals surface area contributed by atoms with Gasteiger partial charge < -0.3 is 10.1 Å². The summed E-state index contributed by atoms with van der Waals surface area (Å²) in [6, 6.07) is 15.1. The summed E-state index contributed by atoms with van der Waals surface area (Å²) in [5, 5.41) is 12.3. The summed E-state index contributed by atoms with van der Waals surface area (Å²) in [7, 11) is 0. The highest BCUT2D eigenvalue weighted by atomic mass is 79.9. The number of carbonyl (C=O) groups is 1. The van der Waals surface area contributed by atoms with Crippen LogP contribution in [-0.2, 0) is 6.54 Å². The minimum absolute atomic E-state index is 0.162. The molecule has 30 heavy (non-hydrogen) atoms. The Morgan fingerprint density at radius 2 is 1.83 bits per heavy atom. The summed E-state index contributed by atoms with van der Waals surface area (Å²) in [5.74, 6) is 2.18. The molecule has 3 aromatic rings. The van der Waals surface area contributed by atoms with Crippen LogP contribution in [0.15, 0.2) is 58.2 Å². The smallest absolute Gasteiger partial charge is 0.251 e. The summed E-state index contributed by atoms with van der Waals surface area (Å²) in [6.07, 6.45) is 2.10. The predicted molar refractivity (Wildman–Crippen MR) is 123 cm³/mol. The number of ether oxygens (including phenoxy) is 1. The summed E-state index contributed by atoms with van der Waals surface area (Å²) in [5.41, 5.74) is 1.53. The third-order valence-corrected chi connectivity index (χ3v) is 5.69. The van der Waals surface area contributed by atoms with E-state index in [1.807, 2.05) is 41.0 Å². The van der Waals surface area contributed by atoms with Crippen LogP contribution in [0.25, 0.3) is 5.69 Å². The van der Waals surface area contributed by atoms with Gasteiger partial charge in [-0.15, -0.1) is 10.2 Å². The average Bonchev–Trinajstić information content (AvgIpc) is 3.16. The molecule has 3 rings (SSSR count). The molecule has 0 saturated heterocycles. The van der Waals surface area contributed by atoms with Crippen molar-refractivity contribution in [3.05, 3.63) is 64.4 Å². The van der Waals surface area contributed by atoms with Crippen LogP contribution in [0, 0.1) is 0 Å². The molecule has 2 aromatic carbocycles. The second-order valence-corrected chi connectivity index (χ2v) is 8.70. The number of aromatic nitrogens is 3. The first-order valence-electron chi connectivity index (χ1n) is 9.96. The molecule has 6 nitrogen and oxygen atoms in total. The highest BCUT2D eigenvalue weighted by molar-refractivity contribution is 9.10. The maximum Gasteiger partial charge on any atom is 0.251 e. The van der Waals surface area contributed by atoms with Crippen molar-refractivity contribution in [3.63, 3.8) is 0 Å². The van der Waals surface area contributed by atoms with Crippen molar-refractivity contribution in [1.82, 2.24) is 20.1 Å². The minimum atomic E-state index is -0.162. The normalized spacial score (nSPS) is 10.8. The maximum absolute atomic E-state index is 12.6. The van der Waals surface area contributed by atoms with Crippen molar-refractivity contribution in [2.45, 2.75) is 38.4 Å². The molecule has 0 bridgehead atoms. The molecule has 0 spiro atoms. The zero-order valence-electron chi connectivity index (χ0n) is 17.1. The van der Waals surface area contributed by atoms with Crippen LogP contribution < -0.4 is 10.1 Å². The van der Waals surface area contributed by atoms with Crippen molar-refractivity contribution < 1.29 is 9.53 Å². The lowest BCUT2D eigenvalue weighted by atomic mass is 10.2. The Bertz CT molecular complexity index is 958. The number of hydrogen-bond acceptors (Lipinski definition) is 5. The SMILES string of the molecule is CCCCOc1ccc(C(=O)NCc2nnc(SCC)n2-c2ccc(Br)cc2)cc1. The predicted octanol–water partition coefficient (Wildman–Crippen LogP) is 5.25. The Balaban J connectivity index is 1.69. The number of carbonyl (C=O) groups excluding carboxylic acids is 1. The van der Waals surface area contributed by atoms with Gasteiger partial charge in [0, 0.05) is 15.7 Å². The van der Waals surface area contributed by atoms with Gasteiger partial charge in [-0.25, -0.2) is 0 Å². The van der Waals surface area contributed by atoms with Gasteiger partial charge in [0.05, 0.1) is 13.2 Å². The average molecular weight is 489 g/mol. The number of halogens is 1. The Morgan fingerprint density at radius 1 is 1.10 bits per heavy atom. The van der Waals surface area contributed by atoms with Crippen molar-refractivity contribution in [3.8, 4) is 11.4 Å². The van der Waals surface area contributed by atoms with E-state index >= 15 is 0 Å². The number of hydrogen-bond donors (Lipinski definition) is 1. The molecule has 0 atom stereocenters. The highest BCUT2D eigenvalue weighted by Crippen LogP contribution is 2.23. The first kappa shape index (κ1) is 22.4. The molecule has 0 aliphatic rings. The number of nitrogens with zero attached hydrogens (tertiary/aromatic N) is 3. The van der Waals surface area contributed by atoms with Gasteiger partial charge in [0.1, 0.15) is 5.75 Å². The summed E-state index contributed by atoms with van der Waals surface area (Å²) in [4.78, 5) is 12.6. The van der Waals surface area contributed by atoms with E-state index in [0.717, 1.165) is 39.7 Å². The first-order valence-corrected chi connectivity index (χ1v) is 11.7. The number of nitrogens with one attached hydrogen (secondary N) is 1. The van der Waals surface area contributed by atoms with Gasteiger partial charge >= 0.3 is 0 Å². The van der Waals surface area contributed by atoms with Crippen molar-refractivity contribution in [1.29, 1.82) is 0 Å². The number of rotatable bonds is 10. The Labute approximate surface area is 189 Å². The summed E-state index contributed by atoms with van der Waals surface area (Å²) >= 11 is 5.08. The standard InChI is InChI=1S/C22H25BrN4O2S/c1-3-5-14-29-19-12-6-16(7-13-19)21(28)24-15-20-25-26-22(30-4-2)27(20)18-10-8-17(23)9-11-18/h6-13H,3-5,14-15H2,1-2H3,(H,24,28). The molecule has 1 aromatic heterocycles. The lowest BCUT2D eigenvalue weighted by Gasteiger charge is -2.11. The number of amides is 1. The lowest BCUT2D eigenvalue weighted by Crippen LogP contribution is -2.24. The molecule has 8 heteroatoms. The quantitative estimate of drug-likeness (QED) is 0.311. The van der Waals surface area contributed by atoms with Crippen LogP contribution in [0.2, 0.25) is 0 Å². The molecule has 1 N–H and O–H groups in total. The molecule has 0 aliphatic heterocycles. The van der Waals surface area contributed by atoms with E-state index in [1.165, 1.54) is 0 Å². The van der Waals surface area contributed by atoms with E-state index in [9.17, 15) is 4.79 Å². The van der Waals surface area contributed by atoms with Gasteiger partial charge in [-0.3, -0.25) is 9.36 Å². The summed E-state index contributed by atoms with van der Waals surface area (Å²) < 4.78 is 8.63. The van der Waals surface area contributed by atoms with E-state index in [-0.39, 0.29) is 12.5 Å². The van der Waals surface area contributed by atoms with Crippen LogP contribution in [0.5, 0.6) is 5.75 Å². The van der Waals surface area contributed by atoms with Gasteiger partial charge in [0.2, 0.25) is 0 Å². The first-order chi connectivity index (χ1) is 14.6. The van der Waals surface area contributed by atoms with Crippen LogP contribution in [0.1, 0.15) is 42.9 Å². The fourth-order valence-electron chi connectivity index (χ4n) is 2.79. The minimum Gasteiger partial charge on any atom is -0.494 e. The second-order valence-electron chi connectivity index (χ2n) is 6.55. The molecule has 0 aliphatic carbocycles. The van der Waals surface area contributed by atoms with E-state index < -0.39 is 0 Å². The Kier molecular flexibility index (Phi) is 8.33. The summed E-state index contributed by atoms with van der Waals surface area (Å²) in [6.45, 7) is 5.16. The molecule has 158 valence electrons. The van der Waals surface area contributed by atoms with Crippen LogP contribution in [0.3, 0.4) is 0 Å². The fourth-order valence-corrected chi connectivity index (χ4v) is 3.75. The molecule has 0 unspecified atom stereocenters. The largest absolute Gasteiger partial charge is 0.494 e. The molecular formula is C22H25BrN4O2S. The van der Waals surface area contributed by atoms with Crippen molar-refractivity contribution in [2.24, 2.45) is 0 Å². The van der Waals surface area contributed by atoms with Crippen LogP contribution >= 0.6 is 27.7 Å². The van der Waals surface area contributed by atoms with E-state index in [0.29, 0.717) is 18.0 Å². The number of benzene rings is 2. The van der Waals surface area contributed by atoms with E-state index in [4.69, 9.17) is 4.74 Å². The zero-order valence-corrected chi connectivity index (χ0v) is 19.5. The maximum atomic E-state index is 12.6. The van der Waals surface area contributed by atoms with Gasteiger partial charge in [0.15, 0.2) is 11.0 Å². The molecule has 1 amide bonds. The van der Waals surface area contributed by atoms with Crippen molar-refractivity contribution >= 4 is 33.6 Å². The second kappa shape index (κ2) is 11.2. The van der Waals surface area contributed by atoms with Crippen molar-refractivity contribution in [2.75, 3.05) is 12.4 Å². The molecule has 0 saturated carbocycles.